The first kappa shape index (κ1) is 11.0. The van der Waals surface area contributed by atoms with Crippen molar-refractivity contribution in [3.05, 3.63) is 46.1 Å². The summed E-state index contributed by atoms with van der Waals surface area (Å²) in [6, 6.07) is 5.79. The van der Waals surface area contributed by atoms with Crippen molar-refractivity contribution in [2.24, 2.45) is 0 Å². The van der Waals surface area contributed by atoms with Crippen molar-refractivity contribution in [3.63, 3.8) is 0 Å². The van der Waals surface area contributed by atoms with E-state index in [1.165, 1.54) is 37.6 Å². The summed E-state index contributed by atoms with van der Waals surface area (Å²) in [6.07, 6.45) is 1.38. The van der Waals surface area contributed by atoms with Crippen LogP contribution in [0.5, 0.6) is 0 Å². The Kier molecular flexibility index (Phi) is 2.70. The number of rotatable bonds is 2. The summed E-state index contributed by atoms with van der Waals surface area (Å²) in [4.78, 5) is 25.4. The van der Waals surface area contributed by atoms with Crippen LogP contribution in [-0.2, 0) is 4.74 Å². The minimum atomic E-state index is -0.522. The van der Waals surface area contributed by atoms with E-state index in [0.29, 0.717) is 10.9 Å². The van der Waals surface area contributed by atoms with Gasteiger partial charge in [-0.2, -0.15) is 0 Å². The highest BCUT2D eigenvalue weighted by atomic mass is 16.6. The smallest absolute Gasteiger partial charge is 0.339 e. The number of hydrogen-bond donors (Lipinski definition) is 0. The number of fused-ring (bicyclic) bond motifs is 1. The van der Waals surface area contributed by atoms with Crippen LogP contribution in [0.25, 0.3) is 10.9 Å². The maximum absolute atomic E-state index is 11.3. The Morgan fingerprint density at radius 3 is 2.82 bits per heavy atom. The molecule has 2 aromatic rings. The Morgan fingerprint density at radius 1 is 1.41 bits per heavy atom. The molecule has 0 amide bonds. The van der Waals surface area contributed by atoms with Crippen LogP contribution in [0.15, 0.2) is 30.5 Å². The molecule has 0 unspecified atom stereocenters. The van der Waals surface area contributed by atoms with Crippen LogP contribution in [0.1, 0.15) is 10.4 Å². The molecule has 0 radical (unpaired) electrons. The van der Waals surface area contributed by atoms with E-state index in [0.717, 1.165) is 0 Å². The number of aromatic nitrogens is 1. The summed E-state index contributed by atoms with van der Waals surface area (Å²) in [5.41, 5.74) is 0.810. The average molecular weight is 232 g/mol. The molecule has 1 aromatic heterocycles. The quantitative estimate of drug-likeness (QED) is 0.448. The highest BCUT2D eigenvalue weighted by molar-refractivity contribution is 5.94. The Labute approximate surface area is 96.0 Å². The third-order valence-corrected chi connectivity index (χ3v) is 2.30. The highest BCUT2D eigenvalue weighted by Crippen LogP contribution is 2.20. The van der Waals surface area contributed by atoms with E-state index in [4.69, 9.17) is 0 Å². The molecule has 6 nitrogen and oxygen atoms in total. The molecule has 17 heavy (non-hydrogen) atoms. The van der Waals surface area contributed by atoms with E-state index in [9.17, 15) is 14.9 Å². The molecule has 86 valence electrons. The van der Waals surface area contributed by atoms with E-state index in [1.54, 1.807) is 0 Å². The van der Waals surface area contributed by atoms with Crippen LogP contribution in [0.2, 0.25) is 0 Å². The second-order valence-electron chi connectivity index (χ2n) is 3.35. The van der Waals surface area contributed by atoms with E-state index in [2.05, 4.69) is 9.72 Å². The molecule has 0 aliphatic heterocycles. The van der Waals surface area contributed by atoms with Gasteiger partial charge in [0.05, 0.1) is 23.1 Å². The standard InChI is InChI=1S/C11H8N2O4/c1-17-11(14)8-4-7-5-9(13(15)16)2-3-10(7)12-6-8/h2-6H,1H3. The van der Waals surface area contributed by atoms with Gasteiger partial charge in [0.15, 0.2) is 0 Å². The summed E-state index contributed by atoms with van der Waals surface area (Å²) in [5.74, 6) is -0.522. The van der Waals surface area contributed by atoms with Gasteiger partial charge < -0.3 is 4.74 Å². The number of esters is 1. The van der Waals surface area contributed by atoms with Gasteiger partial charge in [0.2, 0.25) is 0 Å². The number of nitro benzene ring substituents is 1. The number of ether oxygens (including phenoxy) is 1. The number of nitro groups is 1. The summed E-state index contributed by atoms with van der Waals surface area (Å²) in [5, 5.41) is 11.1. The Balaban J connectivity index is 2.58. The summed E-state index contributed by atoms with van der Waals surface area (Å²) < 4.78 is 4.55. The zero-order valence-electron chi connectivity index (χ0n) is 8.91. The van der Waals surface area contributed by atoms with Gasteiger partial charge in [0.1, 0.15) is 0 Å². The Bertz CT molecular complexity index is 609. The molecule has 0 aliphatic rings. The van der Waals surface area contributed by atoms with Crippen molar-refractivity contribution in [1.82, 2.24) is 4.98 Å². The van der Waals surface area contributed by atoms with Crippen LogP contribution >= 0.6 is 0 Å². The molecule has 0 fully saturated rings. The minimum Gasteiger partial charge on any atom is -0.465 e. The van der Waals surface area contributed by atoms with Crippen LogP contribution in [-0.4, -0.2) is 23.0 Å². The molecular weight excluding hydrogens is 224 g/mol. The van der Waals surface area contributed by atoms with Crippen molar-refractivity contribution in [3.8, 4) is 0 Å². The molecule has 0 atom stereocenters. The molecule has 1 heterocycles. The lowest BCUT2D eigenvalue weighted by atomic mass is 10.1. The maximum atomic E-state index is 11.3. The van der Waals surface area contributed by atoms with Gasteiger partial charge >= 0.3 is 5.97 Å². The number of benzene rings is 1. The van der Waals surface area contributed by atoms with Gasteiger partial charge in [-0.05, 0) is 12.1 Å². The fourth-order valence-electron chi connectivity index (χ4n) is 1.46. The van der Waals surface area contributed by atoms with Crippen LogP contribution in [0, 0.1) is 10.1 Å². The fourth-order valence-corrected chi connectivity index (χ4v) is 1.46. The lowest BCUT2D eigenvalue weighted by Gasteiger charge is -2.01. The Hall–Kier alpha value is -2.50. The monoisotopic (exact) mass is 232 g/mol. The number of carbonyl (C=O) groups is 1. The van der Waals surface area contributed by atoms with Gasteiger partial charge in [-0.15, -0.1) is 0 Å². The molecular formula is C11H8N2O4. The van der Waals surface area contributed by atoms with Gasteiger partial charge in [0.25, 0.3) is 5.69 Å². The first-order valence-corrected chi connectivity index (χ1v) is 4.74. The third kappa shape index (κ3) is 2.05. The number of pyridine rings is 1. The first-order chi connectivity index (χ1) is 8.11. The normalized spacial score (nSPS) is 10.2. The molecule has 0 spiro atoms. The zero-order valence-corrected chi connectivity index (χ0v) is 8.91. The van der Waals surface area contributed by atoms with Gasteiger partial charge in [-0.1, -0.05) is 0 Å². The van der Waals surface area contributed by atoms with Crippen molar-refractivity contribution in [1.29, 1.82) is 0 Å². The number of methoxy groups -OCH3 is 1. The number of non-ortho nitro benzene ring substituents is 1. The number of nitrogens with zero attached hydrogens (tertiary/aromatic N) is 2. The highest BCUT2D eigenvalue weighted by Gasteiger charge is 2.10. The van der Waals surface area contributed by atoms with Crippen molar-refractivity contribution >= 4 is 22.6 Å². The Morgan fingerprint density at radius 2 is 2.18 bits per heavy atom. The number of carbonyl (C=O) groups excluding carboxylic acids is 1. The van der Waals surface area contributed by atoms with Gasteiger partial charge in [-0.25, -0.2) is 4.79 Å². The molecule has 0 saturated carbocycles. The first-order valence-electron chi connectivity index (χ1n) is 4.74. The molecule has 0 saturated heterocycles. The molecule has 2 rings (SSSR count). The average Bonchev–Trinajstić information content (AvgIpc) is 2.36. The van der Waals surface area contributed by atoms with Crippen molar-refractivity contribution in [2.75, 3.05) is 7.11 Å². The van der Waals surface area contributed by atoms with E-state index in [1.807, 2.05) is 0 Å². The predicted octanol–water partition coefficient (Wildman–Crippen LogP) is 1.93. The van der Waals surface area contributed by atoms with E-state index >= 15 is 0 Å². The predicted molar refractivity (Wildman–Crippen MR) is 59.7 cm³/mol. The maximum Gasteiger partial charge on any atom is 0.339 e. The topological polar surface area (TPSA) is 82.3 Å². The van der Waals surface area contributed by atoms with Crippen LogP contribution in [0.3, 0.4) is 0 Å². The van der Waals surface area contributed by atoms with Crippen molar-refractivity contribution in [2.45, 2.75) is 0 Å². The molecule has 0 bridgehead atoms. The van der Waals surface area contributed by atoms with Crippen LogP contribution < -0.4 is 0 Å². The fraction of sp³-hybridized carbons (Fsp3) is 0.0909. The minimum absolute atomic E-state index is 0.0404. The van der Waals surface area contributed by atoms with Crippen LogP contribution in [0.4, 0.5) is 5.69 Å². The second-order valence-corrected chi connectivity index (χ2v) is 3.35. The third-order valence-electron chi connectivity index (χ3n) is 2.30. The molecule has 6 heteroatoms. The lowest BCUT2D eigenvalue weighted by Crippen LogP contribution is -2.01. The largest absolute Gasteiger partial charge is 0.465 e. The summed E-state index contributed by atoms with van der Waals surface area (Å²) in [7, 11) is 1.26. The van der Waals surface area contributed by atoms with Crippen molar-refractivity contribution < 1.29 is 14.5 Å². The van der Waals surface area contributed by atoms with Gasteiger partial charge in [0, 0.05) is 23.7 Å². The molecule has 0 aliphatic carbocycles. The second kappa shape index (κ2) is 4.17. The SMILES string of the molecule is COC(=O)c1cnc2ccc([N+](=O)[O-])cc2c1. The molecule has 0 N–H and O–H groups in total. The molecule has 1 aromatic carbocycles. The summed E-state index contributed by atoms with van der Waals surface area (Å²) in [6.45, 7) is 0. The van der Waals surface area contributed by atoms with Gasteiger partial charge in [-0.3, -0.25) is 15.1 Å². The van der Waals surface area contributed by atoms with E-state index < -0.39 is 10.9 Å². The lowest BCUT2D eigenvalue weighted by molar-refractivity contribution is -0.384. The van der Waals surface area contributed by atoms with E-state index in [-0.39, 0.29) is 11.3 Å². The zero-order chi connectivity index (χ0) is 12.4. The number of hydrogen-bond acceptors (Lipinski definition) is 5. The summed E-state index contributed by atoms with van der Waals surface area (Å²) >= 11 is 0.